The number of esters is 5. The van der Waals surface area contributed by atoms with Crippen molar-refractivity contribution in [1.29, 1.82) is 0 Å². The minimum atomic E-state index is -2.57. The lowest BCUT2D eigenvalue weighted by molar-refractivity contribution is -0.212. The molecule has 0 amide bonds. The molecule has 0 spiro atoms. The van der Waals surface area contributed by atoms with E-state index in [4.69, 9.17) is 23.7 Å². The molecule has 2 fully saturated rings. The topological polar surface area (TPSA) is 172 Å². The summed E-state index contributed by atoms with van der Waals surface area (Å²) in [7, 11) is 0. The van der Waals surface area contributed by atoms with Crippen molar-refractivity contribution in [3.05, 3.63) is 22.8 Å². The van der Waals surface area contributed by atoms with E-state index in [-0.39, 0.29) is 29.6 Å². The van der Waals surface area contributed by atoms with Gasteiger partial charge in [-0.25, -0.2) is 9.59 Å². The van der Waals surface area contributed by atoms with E-state index in [2.05, 4.69) is 6.92 Å². The Morgan fingerprint density at radius 1 is 0.935 bits per heavy atom. The zero-order valence-corrected chi connectivity index (χ0v) is 28.3. The fourth-order valence-corrected chi connectivity index (χ4v) is 6.90. The van der Waals surface area contributed by atoms with Gasteiger partial charge in [0.25, 0.3) is 0 Å². The Morgan fingerprint density at radius 2 is 1.57 bits per heavy atom. The van der Waals surface area contributed by atoms with Gasteiger partial charge in [0.1, 0.15) is 11.7 Å². The molecule has 1 heterocycles. The van der Waals surface area contributed by atoms with Gasteiger partial charge in [0.15, 0.2) is 29.5 Å². The van der Waals surface area contributed by atoms with Gasteiger partial charge in [-0.05, 0) is 58.6 Å². The van der Waals surface area contributed by atoms with Gasteiger partial charge in [-0.2, -0.15) is 0 Å². The van der Waals surface area contributed by atoms with Crippen molar-refractivity contribution in [2.45, 2.75) is 154 Å². The molecule has 46 heavy (non-hydrogen) atoms. The number of hydrogen-bond acceptors (Lipinski definition) is 12. The Hall–Kier alpha value is -3.25. The molecule has 1 saturated carbocycles. The molecule has 2 aliphatic carbocycles. The van der Waals surface area contributed by atoms with Crippen molar-refractivity contribution in [2.75, 3.05) is 0 Å². The number of allylic oxidation sites excluding steroid dienone is 1. The summed E-state index contributed by atoms with van der Waals surface area (Å²) in [5.74, 6) is -5.03. The molecule has 1 aliphatic heterocycles. The van der Waals surface area contributed by atoms with Gasteiger partial charge in [0.2, 0.25) is 0 Å². The number of hydrogen-bond donors (Lipinski definition) is 2. The van der Waals surface area contributed by atoms with Crippen molar-refractivity contribution in [2.24, 2.45) is 5.92 Å². The smallest absolute Gasteiger partial charge is 0.341 e. The van der Waals surface area contributed by atoms with E-state index in [1.807, 2.05) is 0 Å². The van der Waals surface area contributed by atoms with Gasteiger partial charge in [-0.1, -0.05) is 45.6 Å². The Kier molecular flexibility index (Phi) is 11.9. The van der Waals surface area contributed by atoms with Gasteiger partial charge in [0, 0.05) is 31.8 Å². The summed E-state index contributed by atoms with van der Waals surface area (Å²) < 4.78 is 29.3. The Bertz CT molecular complexity index is 1260. The van der Waals surface area contributed by atoms with E-state index < -0.39 is 83.4 Å². The highest BCUT2D eigenvalue weighted by molar-refractivity contribution is 5.88. The lowest BCUT2D eigenvalue weighted by atomic mass is 9.75. The maximum absolute atomic E-state index is 13.3. The highest BCUT2D eigenvalue weighted by atomic mass is 16.6. The second-order valence-electron chi connectivity index (χ2n) is 13.1. The molecule has 2 N–H and O–H groups in total. The lowest BCUT2D eigenvalue weighted by Crippen LogP contribution is -2.64. The van der Waals surface area contributed by atoms with Crippen molar-refractivity contribution in [3.8, 4) is 0 Å². The monoisotopic (exact) mass is 650 g/mol. The number of rotatable bonds is 13. The molecule has 12 nitrogen and oxygen atoms in total. The molecule has 12 heteroatoms. The molecule has 0 unspecified atom stereocenters. The van der Waals surface area contributed by atoms with Crippen LogP contribution in [0.15, 0.2) is 22.8 Å². The van der Waals surface area contributed by atoms with Crippen LogP contribution in [0.25, 0.3) is 0 Å². The van der Waals surface area contributed by atoms with Crippen molar-refractivity contribution in [3.63, 3.8) is 0 Å². The molecule has 8 atom stereocenters. The average Bonchev–Trinajstić information content (AvgIpc) is 3.30. The van der Waals surface area contributed by atoms with Crippen LogP contribution in [-0.4, -0.2) is 81.3 Å². The number of carbonyl (C=O) groups is 5. The van der Waals surface area contributed by atoms with Crippen molar-refractivity contribution >= 4 is 29.8 Å². The summed E-state index contributed by atoms with van der Waals surface area (Å²) >= 11 is 0. The third-order valence-electron chi connectivity index (χ3n) is 9.51. The van der Waals surface area contributed by atoms with Gasteiger partial charge in [-0.3, -0.25) is 14.4 Å². The molecule has 0 radical (unpaired) electrons. The third-order valence-corrected chi connectivity index (χ3v) is 9.51. The van der Waals surface area contributed by atoms with E-state index in [0.29, 0.717) is 12.8 Å². The Balaban J connectivity index is 2.23. The van der Waals surface area contributed by atoms with E-state index in [0.717, 1.165) is 32.6 Å². The Morgan fingerprint density at radius 3 is 2.15 bits per heavy atom. The minimum Gasteiger partial charge on any atom is -0.459 e. The normalized spacial score (nSPS) is 33.8. The standard InChI is InChI=1S/C34H50O12/c1-9-12-13-14-15-17-24(37)43-28-26-25(20(5)27(28)44-30(38)19(4)11-3)29-34(41,33(8,40)31(39)45-29)22(42-23(36)16-10-2)18-32(26,7)46-21(6)35/h11,22,26-29,40-41H,9-10,12-18H2,1-8H3/b19-11+/t22-,26-,27-,28+,29+,32+,33-,34-/m1/s1. The van der Waals surface area contributed by atoms with Crippen LogP contribution in [0.3, 0.4) is 0 Å². The molecule has 258 valence electrons. The SMILES string of the molecule is C/C=C(\C)C(=O)O[C@@H]1C(C)=C2[C@H]([C@@H]1OC(=O)CCCCCCC)[C@@](C)(OC(C)=O)C[C@@H](OC(=O)CCC)[C@@]1(O)[C@H]2OC(=O)[C@@]1(C)O. The molecule has 1 saturated heterocycles. The second kappa shape index (κ2) is 14.7. The summed E-state index contributed by atoms with van der Waals surface area (Å²) in [5, 5.41) is 23.9. The fraction of sp³-hybridized carbons (Fsp3) is 0.735. The largest absolute Gasteiger partial charge is 0.459 e. The quantitative estimate of drug-likeness (QED) is 0.0969. The molecular weight excluding hydrogens is 600 g/mol. The first-order valence-electron chi connectivity index (χ1n) is 16.3. The van der Waals surface area contributed by atoms with Crippen LogP contribution in [0.1, 0.15) is 113 Å². The second-order valence-corrected chi connectivity index (χ2v) is 13.1. The minimum absolute atomic E-state index is 0.0234. The van der Waals surface area contributed by atoms with Crippen LogP contribution >= 0.6 is 0 Å². The van der Waals surface area contributed by atoms with E-state index >= 15 is 0 Å². The van der Waals surface area contributed by atoms with Crippen molar-refractivity contribution < 1.29 is 57.9 Å². The van der Waals surface area contributed by atoms with Crippen molar-refractivity contribution in [1.82, 2.24) is 0 Å². The zero-order valence-electron chi connectivity index (χ0n) is 28.3. The number of carbonyl (C=O) groups excluding carboxylic acids is 5. The summed E-state index contributed by atoms with van der Waals surface area (Å²) in [4.78, 5) is 65.1. The summed E-state index contributed by atoms with van der Waals surface area (Å²) in [5.41, 5.74) is -6.12. The number of unbranched alkanes of at least 4 members (excludes halogenated alkanes) is 4. The van der Waals surface area contributed by atoms with Crippen LogP contribution in [0.4, 0.5) is 0 Å². The maximum atomic E-state index is 13.3. The molecule has 0 aromatic heterocycles. The number of fused-ring (bicyclic) bond motifs is 3. The highest BCUT2D eigenvalue weighted by Crippen LogP contribution is 2.57. The average molecular weight is 651 g/mol. The fourth-order valence-electron chi connectivity index (χ4n) is 6.90. The highest BCUT2D eigenvalue weighted by Gasteiger charge is 2.76. The maximum Gasteiger partial charge on any atom is 0.341 e. The predicted molar refractivity (Wildman–Crippen MR) is 164 cm³/mol. The molecule has 0 bridgehead atoms. The van der Waals surface area contributed by atoms with E-state index in [9.17, 15) is 34.2 Å². The van der Waals surface area contributed by atoms with Crippen LogP contribution in [-0.2, 0) is 47.7 Å². The summed E-state index contributed by atoms with van der Waals surface area (Å²) in [6, 6.07) is 0. The van der Waals surface area contributed by atoms with Crippen LogP contribution < -0.4 is 0 Å². The predicted octanol–water partition coefficient (Wildman–Crippen LogP) is 3.93. The first-order chi connectivity index (χ1) is 21.5. The lowest BCUT2D eigenvalue weighted by Gasteiger charge is -2.41. The first-order valence-corrected chi connectivity index (χ1v) is 16.3. The molecule has 0 aromatic carbocycles. The van der Waals surface area contributed by atoms with Crippen LogP contribution in [0, 0.1) is 5.92 Å². The third kappa shape index (κ3) is 7.02. The first kappa shape index (κ1) is 37.2. The summed E-state index contributed by atoms with van der Waals surface area (Å²) in [6.07, 6.45) is 0.272. The summed E-state index contributed by atoms with van der Waals surface area (Å²) in [6.45, 7) is 12.4. The van der Waals surface area contributed by atoms with Crippen LogP contribution in [0.2, 0.25) is 0 Å². The number of ether oxygens (including phenoxy) is 5. The molecule has 0 aromatic rings. The van der Waals surface area contributed by atoms with Gasteiger partial charge >= 0.3 is 29.8 Å². The van der Waals surface area contributed by atoms with Gasteiger partial charge < -0.3 is 33.9 Å². The zero-order chi connectivity index (χ0) is 34.6. The molecule has 3 rings (SSSR count). The van der Waals surface area contributed by atoms with Gasteiger partial charge in [-0.15, -0.1) is 0 Å². The van der Waals surface area contributed by atoms with Crippen LogP contribution in [0.5, 0.6) is 0 Å². The molecular formula is C34H50O12. The van der Waals surface area contributed by atoms with Gasteiger partial charge in [0.05, 0.1) is 5.92 Å². The molecule has 3 aliphatic rings. The van der Waals surface area contributed by atoms with E-state index in [1.165, 1.54) is 13.8 Å². The Labute approximate surface area is 270 Å². The van der Waals surface area contributed by atoms with E-state index in [1.54, 1.807) is 33.8 Å². The number of aliphatic hydroxyl groups is 2.